The van der Waals surface area contributed by atoms with E-state index >= 15 is 0 Å². The lowest BCUT2D eigenvalue weighted by atomic mass is 9.93. The minimum absolute atomic E-state index is 0.324. The number of aromatic nitrogens is 1. The van der Waals surface area contributed by atoms with Gasteiger partial charge >= 0.3 is 0 Å². The Morgan fingerprint density at radius 1 is 0.472 bits per heavy atom. The summed E-state index contributed by atoms with van der Waals surface area (Å²) < 4.78 is 0. The maximum Gasteiger partial charge on any atom is 0.169 e. The highest BCUT2D eigenvalue weighted by molar-refractivity contribution is 6.26. The Balaban J connectivity index is 1.43. The standard InChI is InChI=1S/C32H22N4/c1-2-8-21(9-3-1)30-34-31(22-16-18-33-19-17-22)36-32(35-30)23-14-15-28-26-12-5-4-10-24(26)25-11-6-7-13-27(25)29(28)20-23/h1-20,30H,(H,34,35,36). The van der Waals surface area contributed by atoms with Gasteiger partial charge in [-0.25, -0.2) is 9.98 Å². The average molecular weight is 463 g/mol. The van der Waals surface area contributed by atoms with Crippen LogP contribution in [-0.4, -0.2) is 16.7 Å². The molecule has 1 N–H and O–H groups in total. The number of nitrogens with zero attached hydrogens (tertiary/aromatic N) is 3. The van der Waals surface area contributed by atoms with Crippen molar-refractivity contribution in [3.05, 3.63) is 138 Å². The summed E-state index contributed by atoms with van der Waals surface area (Å²) in [5, 5.41) is 11.0. The van der Waals surface area contributed by atoms with Crippen LogP contribution in [0.5, 0.6) is 0 Å². The molecule has 36 heavy (non-hydrogen) atoms. The molecule has 1 atom stereocenters. The number of benzene rings is 5. The predicted molar refractivity (Wildman–Crippen MR) is 149 cm³/mol. The van der Waals surface area contributed by atoms with Gasteiger partial charge in [0.05, 0.1) is 0 Å². The quantitative estimate of drug-likeness (QED) is 0.287. The smallest absolute Gasteiger partial charge is 0.169 e. The fourth-order valence-electron chi connectivity index (χ4n) is 5.08. The van der Waals surface area contributed by atoms with Crippen LogP contribution >= 0.6 is 0 Å². The van der Waals surface area contributed by atoms with Gasteiger partial charge in [-0.3, -0.25) is 4.98 Å². The maximum absolute atomic E-state index is 5.05. The maximum atomic E-state index is 5.05. The van der Waals surface area contributed by atoms with Crippen LogP contribution in [0.4, 0.5) is 0 Å². The summed E-state index contributed by atoms with van der Waals surface area (Å²) >= 11 is 0. The molecular formula is C32H22N4. The summed E-state index contributed by atoms with van der Waals surface area (Å²) in [5.41, 5.74) is 3.07. The Morgan fingerprint density at radius 2 is 1.00 bits per heavy atom. The largest absolute Gasteiger partial charge is 0.324 e. The van der Waals surface area contributed by atoms with E-state index in [4.69, 9.17) is 9.98 Å². The van der Waals surface area contributed by atoms with E-state index in [2.05, 4.69) is 89.2 Å². The number of hydrogen-bond donors (Lipinski definition) is 1. The van der Waals surface area contributed by atoms with Crippen molar-refractivity contribution >= 4 is 44.0 Å². The first-order valence-electron chi connectivity index (χ1n) is 12.1. The van der Waals surface area contributed by atoms with Crippen molar-refractivity contribution in [3.63, 3.8) is 0 Å². The first kappa shape index (κ1) is 20.5. The van der Waals surface area contributed by atoms with Crippen molar-refractivity contribution in [3.8, 4) is 0 Å². The van der Waals surface area contributed by atoms with Gasteiger partial charge in [0.1, 0.15) is 11.7 Å². The number of hydrogen-bond acceptors (Lipinski definition) is 4. The lowest BCUT2D eigenvalue weighted by Gasteiger charge is -2.22. The number of aliphatic imine (C=N–C) groups is 2. The molecular weight excluding hydrogens is 440 g/mol. The van der Waals surface area contributed by atoms with Crippen molar-refractivity contribution in [1.82, 2.24) is 10.3 Å². The van der Waals surface area contributed by atoms with E-state index in [0.717, 1.165) is 28.4 Å². The predicted octanol–water partition coefficient (Wildman–Crippen LogP) is 7.04. The van der Waals surface area contributed by atoms with Gasteiger partial charge in [-0.2, -0.15) is 0 Å². The summed E-state index contributed by atoms with van der Waals surface area (Å²) in [6, 6.07) is 38.1. The van der Waals surface area contributed by atoms with Crippen molar-refractivity contribution in [2.24, 2.45) is 9.98 Å². The highest BCUT2D eigenvalue weighted by atomic mass is 15.2. The molecule has 0 fully saturated rings. The minimum Gasteiger partial charge on any atom is -0.324 e. The van der Waals surface area contributed by atoms with Gasteiger partial charge < -0.3 is 5.32 Å². The number of fused-ring (bicyclic) bond motifs is 6. The van der Waals surface area contributed by atoms with Crippen molar-refractivity contribution in [2.75, 3.05) is 0 Å². The van der Waals surface area contributed by atoms with Gasteiger partial charge in [-0.15, -0.1) is 0 Å². The van der Waals surface area contributed by atoms with Gasteiger partial charge in [0.15, 0.2) is 6.17 Å². The second-order valence-electron chi connectivity index (χ2n) is 8.95. The lowest BCUT2D eigenvalue weighted by molar-refractivity contribution is 0.756. The summed E-state index contributed by atoms with van der Waals surface area (Å²) in [7, 11) is 0. The third kappa shape index (κ3) is 3.43. The Morgan fingerprint density at radius 3 is 1.64 bits per heavy atom. The second kappa shape index (κ2) is 8.43. The Bertz CT molecular complexity index is 1770. The third-order valence-electron chi connectivity index (χ3n) is 6.81. The van der Waals surface area contributed by atoms with E-state index in [-0.39, 0.29) is 6.17 Å². The molecule has 0 spiro atoms. The molecule has 4 nitrogen and oxygen atoms in total. The molecule has 4 heteroatoms. The molecule has 7 rings (SSSR count). The average Bonchev–Trinajstić information content (AvgIpc) is 2.98. The molecule has 0 saturated carbocycles. The number of nitrogens with one attached hydrogen (secondary N) is 1. The Labute approximate surface area is 208 Å². The van der Waals surface area contributed by atoms with E-state index in [1.165, 1.54) is 32.3 Å². The van der Waals surface area contributed by atoms with E-state index in [0.29, 0.717) is 0 Å². The SMILES string of the molecule is c1ccc(C2N=C(c3ccncc3)NC(c3ccc4c5ccccc5c5ccccc5c4c3)=N2)cc1. The van der Waals surface area contributed by atoms with Gasteiger partial charge in [-0.05, 0) is 56.1 Å². The zero-order chi connectivity index (χ0) is 23.9. The molecule has 6 aromatic rings. The topological polar surface area (TPSA) is 49.6 Å². The summed E-state index contributed by atoms with van der Waals surface area (Å²) in [4.78, 5) is 14.2. The Kier molecular flexibility index (Phi) is 4.81. The van der Waals surface area contributed by atoms with Crippen LogP contribution in [0.25, 0.3) is 32.3 Å². The Hall–Kier alpha value is -4.83. The minimum atomic E-state index is -0.324. The molecule has 1 aromatic heterocycles. The molecule has 0 radical (unpaired) electrons. The molecule has 2 heterocycles. The molecule has 170 valence electrons. The van der Waals surface area contributed by atoms with Crippen LogP contribution in [0.2, 0.25) is 0 Å². The van der Waals surface area contributed by atoms with Crippen LogP contribution < -0.4 is 5.32 Å². The third-order valence-corrected chi connectivity index (χ3v) is 6.81. The molecule has 0 bridgehead atoms. The molecule has 1 unspecified atom stereocenters. The van der Waals surface area contributed by atoms with Gasteiger partial charge in [-0.1, -0.05) is 91.0 Å². The van der Waals surface area contributed by atoms with Crippen molar-refractivity contribution in [1.29, 1.82) is 0 Å². The fourth-order valence-corrected chi connectivity index (χ4v) is 5.08. The van der Waals surface area contributed by atoms with Crippen LogP contribution in [0.15, 0.2) is 132 Å². The van der Waals surface area contributed by atoms with Crippen LogP contribution in [0.1, 0.15) is 22.9 Å². The van der Waals surface area contributed by atoms with Crippen LogP contribution in [-0.2, 0) is 0 Å². The second-order valence-corrected chi connectivity index (χ2v) is 8.95. The molecule has 1 aliphatic rings. The lowest BCUT2D eigenvalue weighted by Crippen LogP contribution is -2.36. The zero-order valence-corrected chi connectivity index (χ0v) is 19.5. The number of amidine groups is 2. The molecule has 5 aromatic carbocycles. The first-order valence-corrected chi connectivity index (χ1v) is 12.1. The van der Waals surface area contributed by atoms with Crippen molar-refractivity contribution in [2.45, 2.75) is 6.17 Å². The van der Waals surface area contributed by atoms with Crippen molar-refractivity contribution < 1.29 is 0 Å². The monoisotopic (exact) mass is 462 g/mol. The van der Waals surface area contributed by atoms with Crippen LogP contribution in [0, 0.1) is 0 Å². The fraction of sp³-hybridized carbons (Fsp3) is 0.0312. The molecule has 0 saturated heterocycles. The first-order chi connectivity index (χ1) is 17.8. The van der Waals surface area contributed by atoms with Crippen LogP contribution in [0.3, 0.4) is 0 Å². The summed E-state index contributed by atoms with van der Waals surface area (Å²) in [6.07, 6.45) is 3.25. The zero-order valence-electron chi connectivity index (χ0n) is 19.5. The molecule has 0 aliphatic carbocycles. The number of pyridine rings is 1. The summed E-state index contributed by atoms with van der Waals surface area (Å²) in [5.74, 6) is 1.60. The van der Waals surface area contributed by atoms with E-state index < -0.39 is 0 Å². The van der Waals surface area contributed by atoms with Gasteiger partial charge in [0.2, 0.25) is 0 Å². The normalized spacial score (nSPS) is 15.5. The highest BCUT2D eigenvalue weighted by Crippen LogP contribution is 2.35. The van der Waals surface area contributed by atoms with E-state index in [1.54, 1.807) is 12.4 Å². The summed E-state index contributed by atoms with van der Waals surface area (Å²) in [6.45, 7) is 0. The van der Waals surface area contributed by atoms with E-state index in [1.807, 2.05) is 30.3 Å². The van der Waals surface area contributed by atoms with Gasteiger partial charge in [0.25, 0.3) is 0 Å². The van der Waals surface area contributed by atoms with Gasteiger partial charge in [0, 0.05) is 23.5 Å². The number of rotatable bonds is 3. The highest BCUT2D eigenvalue weighted by Gasteiger charge is 2.21. The molecule has 1 aliphatic heterocycles. The van der Waals surface area contributed by atoms with E-state index in [9.17, 15) is 0 Å². The molecule has 0 amide bonds.